The molecule has 0 saturated heterocycles. The Hall–Kier alpha value is -3.20. The molecule has 4 rings (SSSR count). The van der Waals surface area contributed by atoms with Crippen LogP contribution in [-0.4, -0.2) is 4.57 Å². The van der Waals surface area contributed by atoms with Gasteiger partial charge in [-0.05, 0) is 30.2 Å². The van der Waals surface area contributed by atoms with Gasteiger partial charge in [-0.2, -0.15) is 5.26 Å². The lowest BCUT2D eigenvalue weighted by Crippen LogP contribution is -2.33. The maximum absolute atomic E-state index is 13.6. The van der Waals surface area contributed by atoms with Crippen LogP contribution in [-0.2, 0) is 6.54 Å². The fraction of sp³-hybridized carbons (Fsp3) is 0.130. The molecule has 0 spiro atoms. The highest BCUT2D eigenvalue weighted by Gasteiger charge is 2.35. The van der Waals surface area contributed by atoms with Crippen molar-refractivity contribution in [1.82, 2.24) is 4.57 Å². The molecule has 2 N–H and O–H groups in total. The first-order valence-electron chi connectivity index (χ1n) is 9.21. The summed E-state index contributed by atoms with van der Waals surface area (Å²) >= 11 is 12.5. The summed E-state index contributed by atoms with van der Waals surface area (Å²) in [5.74, 6) is -0.464. The fourth-order valence-corrected chi connectivity index (χ4v) is 4.21. The molecule has 5 nitrogen and oxygen atoms in total. The summed E-state index contributed by atoms with van der Waals surface area (Å²) in [6.45, 7) is 2.22. The number of hydrogen-bond donors (Lipinski definition) is 1. The lowest BCUT2D eigenvalue weighted by atomic mass is 9.84. The number of aryl methyl sites for hydroxylation is 1. The van der Waals surface area contributed by atoms with E-state index in [4.69, 9.17) is 33.7 Å². The Balaban J connectivity index is 1.96. The largest absolute Gasteiger partial charge is 0.440 e. The Morgan fingerprint density at radius 2 is 1.90 bits per heavy atom. The zero-order valence-corrected chi connectivity index (χ0v) is 17.5. The molecule has 1 aliphatic rings. The van der Waals surface area contributed by atoms with E-state index in [-0.39, 0.29) is 17.0 Å². The van der Waals surface area contributed by atoms with Gasteiger partial charge in [0, 0.05) is 21.8 Å². The van der Waals surface area contributed by atoms with Crippen molar-refractivity contribution in [1.29, 1.82) is 5.26 Å². The minimum absolute atomic E-state index is 0.0411. The van der Waals surface area contributed by atoms with Crippen molar-refractivity contribution in [2.75, 3.05) is 0 Å². The highest BCUT2D eigenvalue weighted by atomic mass is 35.5. The molecule has 30 heavy (non-hydrogen) atoms. The van der Waals surface area contributed by atoms with Crippen LogP contribution in [0.25, 0.3) is 0 Å². The topological polar surface area (TPSA) is 81.0 Å². The molecule has 0 radical (unpaired) electrons. The van der Waals surface area contributed by atoms with Crippen molar-refractivity contribution in [3.05, 3.63) is 109 Å². The number of pyridine rings is 1. The molecule has 0 aliphatic carbocycles. The van der Waals surface area contributed by atoms with E-state index in [0.717, 1.165) is 11.3 Å². The molecule has 150 valence electrons. The Morgan fingerprint density at radius 1 is 1.17 bits per heavy atom. The number of aromatic nitrogens is 1. The maximum atomic E-state index is 13.6. The summed E-state index contributed by atoms with van der Waals surface area (Å²) < 4.78 is 7.33. The van der Waals surface area contributed by atoms with E-state index in [0.29, 0.717) is 33.5 Å². The smallest absolute Gasteiger partial charge is 0.259 e. The minimum Gasteiger partial charge on any atom is -0.440 e. The number of nitriles is 1. The average molecular weight is 438 g/mol. The first-order valence-corrected chi connectivity index (χ1v) is 9.97. The summed E-state index contributed by atoms with van der Waals surface area (Å²) in [6.07, 6.45) is 0. The number of allylic oxidation sites excluding steroid dienone is 1. The van der Waals surface area contributed by atoms with Gasteiger partial charge >= 0.3 is 0 Å². The Bertz CT molecular complexity index is 1270. The third-order valence-corrected chi connectivity index (χ3v) is 5.71. The third-order valence-electron chi connectivity index (χ3n) is 5.15. The summed E-state index contributed by atoms with van der Waals surface area (Å²) in [6, 6.07) is 18.5. The van der Waals surface area contributed by atoms with Gasteiger partial charge in [0.15, 0.2) is 0 Å². The molecule has 0 saturated carbocycles. The molecule has 0 fully saturated rings. The summed E-state index contributed by atoms with van der Waals surface area (Å²) in [7, 11) is 0. The molecule has 7 heteroatoms. The van der Waals surface area contributed by atoms with Gasteiger partial charge in [-0.25, -0.2) is 0 Å². The predicted molar refractivity (Wildman–Crippen MR) is 117 cm³/mol. The van der Waals surface area contributed by atoms with Crippen molar-refractivity contribution < 1.29 is 4.74 Å². The van der Waals surface area contributed by atoms with Gasteiger partial charge in [-0.15, -0.1) is 0 Å². The van der Waals surface area contributed by atoms with Crippen LogP contribution in [0, 0.1) is 18.3 Å². The van der Waals surface area contributed by atoms with Gasteiger partial charge in [0.05, 0.1) is 18.0 Å². The number of nitrogens with zero attached hydrogens (tertiary/aromatic N) is 2. The van der Waals surface area contributed by atoms with Crippen LogP contribution >= 0.6 is 23.2 Å². The van der Waals surface area contributed by atoms with E-state index in [1.54, 1.807) is 28.8 Å². The van der Waals surface area contributed by atoms with Crippen molar-refractivity contribution in [3.63, 3.8) is 0 Å². The number of nitrogens with two attached hydrogens (primary N) is 1. The Morgan fingerprint density at radius 3 is 2.57 bits per heavy atom. The normalized spacial score (nSPS) is 15.3. The van der Waals surface area contributed by atoms with Gasteiger partial charge in [0.1, 0.15) is 17.4 Å². The number of benzene rings is 2. The number of halogens is 2. The molecule has 0 bridgehead atoms. The lowest BCUT2D eigenvalue weighted by Gasteiger charge is -2.28. The van der Waals surface area contributed by atoms with Gasteiger partial charge in [-0.1, -0.05) is 59.6 Å². The van der Waals surface area contributed by atoms with E-state index >= 15 is 0 Å². The molecule has 1 unspecified atom stereocenters. The van der Waals surface area contributed by atoms with Crippen molar-refractivity contribution >= 4 is 23.2 Å². The highest BCUT2D eigenvalue weighted by molar-refractivity contribution is 6.35. The standard InChI is InChI=1S/C23H17Cl2N3O2/c1-13-9-19-21(23(29)28(13)12-14-5-3-2-4-6-14)20(17(11-26)22(27)30-19)16-8-7-15(24)10-18(16)25/h2-10,20H,12,27H2,1H3. The summed E-state index contributed by atoms with van der Waals surface area (Å²) in [4.78, 5) is 13.6. The average Bonchev–Trinajstić information content (AvgIpc) is 2.71. The fourth-order valence-electron chi connectivity index (χ4n) is 3.70. The summed E-state index contributed by atoms with van der Waals surface area (Å²) in [5, 5.41) is 10.6. The molecule has 1 aromatic heterocycles. The molecule has 1 aliphatic heterocycles. The van der Waals surface area contributed by atoms with E-state index in [1.165, 1.54) is 0 Å². The lowest BCUT2D eigenvalue weighted by molar-refractivity contribution is 0.389. The molecule has 1 atom stereocenters. The van der Waals surface area contributed by atoms with Gasteiger partial charge in [0.2, 0.25) is 5.88 Å². The first-order chi connectivity index (χ1) is 14.4. The summed E-state index contributed by atoms with van der Waals surface area (Å²) in [5.41, 5.74) is 8.50. The van der Waals surface area contributed by atoms with Crippen molar-refractivity contribution in [2.45, 2.75) is 19.4 Å². The third kappa shape index (κ3) is 3.45. The molecule has 3 aromatic rings. The van der Waals surface area contributed by atoms with E-state index < -0.39 is 5.92 Å². The van der Waals surface area contributed by atoms with E-state index in [2.05, 4.69) is 6.07 Å². The van der Waals surface area contributed by atoms with Crippen LogP contribution in [0.4, 0.5) is 0 Å². The minimum atomic E-state index is -0.751. The second kappa shape index (κ2) is 7.91. The molecular formula is C23H17Cl2N3O2. The van der Waals surface area contributed by atoms with E-state index in [9.17, 15) is 10.1 Å². The van der Waals surface area contributed by atoms with Gasteiger partial charge in [-0.3, -0.25) is 4.79 Å². The van der Waals surface area contributed by atoms with Crippen LogP contribution < -0.4 is 16.0 Å². The van der Waals surface area contributed by atoms with Gasteiger partial charge < -0.3 is 15.0 Å². The monoisotopic (exact) mass is 437 g/mol. The number of hydrogen-bond acceptors (Lipinski definition) is 4. The predicted octanol–water partition coefficient (Wildman–Crippen LogP) is 4.73. The molecular weight excluding hydrogens is 421 g/mol. The second-order valence-corrected chi connectivity index (χ2v) is 7.87. The zero-order chi connectivity index (χ0) is 21.4. The first kappa shape index (κ1) is 20.1. The van der Waals surface area contributed by atoms with E-state index in [1.807, 2.05) is 37.3 Å². The van der Waals surface area contributed by atoms with Crippen LogP contribution in [0.2, 0.25) is 10.0 Å². The highest BCUT2D eigenvalue weighted by Crippen LogP contribution is 2.43. The van der Waals surface area contributed by atoms with Crippen LogP contribution in [0.5, 0.6) is 5.75 Å². The number of rotatable bonds is 3. The maximum Gasteiger partial charge on any atom is 0.259 e. The zero-order valence-electron chi connectivity index (χ0n) is 16.0. The van der Waals surface area contributed by atoms with Crippen molar-refractivity contribution in [2.24, 2.45) is 5.73 Å². The Kier molecular flexibility index (Phi) is 5.29. The quantitative estimate of drug-likeness (QED) is 0.641. The Labute approximate surface area is 183 Å². The van der Waals surface area contributed by atoms with Crippen LogP contribution in [0.3, 0.4) is 0 Å². The second-order valence-electron chi connectivity index (χ2n) is 7.03. The van der Waals surface area contributed by atoms with Crippen LogP contribution in [0.1, 0.15) is 28.3 Å². The molecule has 2 aromatic carbocycles. The van der Waals surface area contributed by atoms with Crippen LogP contribution in [0.15, 0.2) is 70.8 Å². The van der Waals surface area contributed by atoms with Gasteiger partial charge in [0.25, 0.3) is 5.56 Å². The number of ether oxygens (including phenoxy) is 1. The molecule has 0 amide bonds. The molecule has 2 heterocycles. The SMILES string of the molecule is Cc1cc2c(c(=O)n1Cc1ccccc1)C(c1ccc(Cl)cc1Cl)C(C#N)=C(N)O2. The number of fused-ring (bicyclic) bond motifs is 1. The van der Waals surface area contributed by atoms with Crippen molar-refractivity contribution in [3.8, 4) is 11.8 Å².